The highest BCUT2D eigenvalue weighted by Crippen LogP contribution is 2.33. The minimum Gasteiger partial charge on any atom is -0.497 e. The largest absolute Gasteiger partial charge is 0.497 e. The van der Waals surface area contributed by atoms with Crippen molar-refractivity contribution in [3.63, 3.8) is 0 Å². The predicted molar refractivity (Wildman–Crippen MR) is 129 cm³/mol. The van der Waals surface area contributed by atoms with Gasteiger partial charge in [0.05, 0.1) is 33.0 Å². The third-order valence-electron chi connectivity index (χ3n) is 7.02. The molecule has 2 aliphatic heterocycles. The van der Waals surface area contributed by atoms with Gasteiger partial charge in [0.2, 0.25) is 0 Å². The smallest absolute Gasteiger partial charge is 0.170 e. The van der Waals surface area contributed by atoms with Gasteiger partial charge in [-0.2, -0.15) is 0 Å². The third kappa shape index (κ3) is 4.88. The van der Waals surface area contributed by atoms with Crippen LogP contribution >= 0.6 is 0 Å². The summed E-state index contributed by atoms with van der Waals surface area (Å²) >= 11 is 0. The van der Waals surface area contributed by atoms with Gasteiger partial charge in [0.1, 0.15) is 11.5 Å². The average Bonchev–Trinajstić information content (AvgIpc) is 3.45. The van der Waals surface area contributed by atoms with Crippen molar-refractivity contribution in [1.82, 2.24) is 9.47 Å². The zero-order chi connectivity index (χ0) is 22.7. The van der Waals surface area contributed by atoms with Crippen molar-refractivity contribution in [2.45, 2.75) is 44.6 Å². The van der Waals surface area contributed by atoms with Gasteiger partial charge in [-0.25, -0.2) is 0 Å². The molecule has 0 atom stereocenters. The van der Waals surface area contributed by atoms with Crippen molar-refractivity contribution < 1.29 is 18.9 Å². The van der Waals surface area contributed by atoms with E-state index in [0.29, 0.717) is 0 Å². The number of aromatic nitrogens is 1. The molecule has 0 aliphatic carbocycles. The summed E-state index contributed by atoms with van der Waals surface area (Å²) in [6.07, 6.45) is 6.35. The van der Waals surface area contributed by atoms with Crippen molar-refractivity contribution in [2.75, 3.05) is 40.5 Å². The first-order chi connectivity index (χ1) is 16.2. The first-order valence-electron chi connectivity index (χ1n) is 12.0. The monoisotopic (exact) mass is 450 g/mol. The molecule has 6 heteroatoms. The highest BCUT2D eigenvalue weighted by Gasteiger charge is 2.39. The molecular weight excluding hydrogens is 416 g/mol. The lowest BCUT2D eigenvalue weighted by Crippen LogP contribution is -2.44. The summed E-state index contributed by atoms with van der Waals surface area (Å²) < 4.78 is 25.0. The van der Waals surface area contributed by atoms with Gasteiger partial charge in [-0.3, -0.25) is 4.90 Å². The lowest BCUT2D eigenvalue weighted by molar-refractivity contribution is -0.185. The average molecular weight is 451 g/mol. The maximum atomic E-state index is 5.90. The maximum Gasteiger partial charge on any atom is 0.170 e. The number of benzene rings is 2. The summed E-state index contributed by atoms with van der Waals surface area (Å²) in [5.41, 5.74) is 3.96. The molecular formula is C27H34N2O4. The molecule has 0 amide bonds. The van der Waals surface area contributed by atoms with Crippen molar-refractivity contribution in [3.05, 3.63) is 59.8 Å². The first kappa shape index (κ1) is 22.3. The van der Waals surface area contributed by atoms with Crippen LogP contribution in [0.2, 0.25) is 0 Å². The third-order valence-corrected chi connectivity index (χ3v) is 7.02. The van der Waals surface area contributed by atoms with Crippen LogP contribution in [0.1, 0.15) is 30.4 Å². The van der Waals surface area contributed by atoms with Gasteiger partial charge in [-0.1, -0.05) is 12.1 Å². The van der Waals surface area contributed by atoms with E-state index in [1.54, 1.807) is 14.2 Å². The molecule has 2 aliphatic rings. The summed E-state index contributed by atoms with van der Waals surface area (Å²) in [5.74, 6) is 1.49. The van der Waals surface area contributed by atoms with E-state index >= 15 is 0 Å². The molecule has 176 valence electrons. The maximum absolute atomic E-state index is 5.90. The Kier molecular flexibility index (Phi) is 6.58. The summed E-state index contributed by atoms with van der Waals surface area (Å²) in [5, 5.41) is 1.31. The molecule has 2 aromatic carbocycles. The molecule has 3 aromatic rings. The van der Waals surface area contributed by atoms with Crippen molar-refractivity contribution in [2.24, 2.45) is 0 Å². The van der Waals surface area contributed by atoms with Gasteiger partial charge in [0, 0.05) is 56.7 Å². The number of nitrogens with zero attached hydrogens (tertiary/aromatic N) is 2. The SMILES string of the molecule is COc1ccc(CCCn2cc(CN3CCC4(CC3)OCCO4)c3ccc(OC)cc32)cc1. The molecule has 0 bridgehead atoms. The van der Waals surface area contributed by atoms with Crippen LogP contribution in [0, 0.1) is 0 Å². The van der Waals surface area contributed by atoms with E-state index in [0.717, 1.165) is 76.6 Å². The minimum atomic E-state index is -0.320. The summed E-state index contributed by atoms with van der Waals surface area (Å²) in [7, 11) is 3.44. The Hall–Kier alpha value is -2.54. The molecule has 1 aromatic heterocycles. The Labute approximate surface area is 196 Å². The molecule has 6 nitrogen and oxygen atoms in total. The van der Waals surface area contributed by atoms with Gasteiger partial charge in [0.25, 0.3) is 0 Å². The minimum absolute atomic E-state index is 0.320. The van der Waals surface area contributed by atoms with Crippen LogP contribution in [0.25, 0.3) is 10.9 Å². The number of hydrogen-bond donors (Lipinski definition) is 0. The van der Waals surface area contributed by atoms with Gasteiger partial charge < -0.3 is 23.5 Å². The van der Waals surface area contributed by atoms with E-state index in [-0.39, 0.29) is 5.79 Å². The number of aryl methyl sites for hydroxylation is 2. The Bertz CT molecular complexity index is 1060. The van der Waals surface area contributed by atoms with E-state index in [1.807, 2.05) is 12.1 Å². The number of fused-ring (bicyclic) bond motifs is 1. The molecule has 2 saturated heterocycles. The number of ether oxygens (including phenoxy) is 4. The van der Waals surface area contributed by atoms with E-state index in [4.69, 9.17) is 18.9 Å². The number of likely N-dealkylation sites (tertiary alicyclic amines) is 1. The van der Waals surface area contributed by atoms with E-state index in [1.165, 1.54) is 22.0 Å². The molecule has 0 unspecified atom stereocenters. The standard InChI is InChI=1S/C27H34N2O4/c1-30-23-7-5-21(6-8-23)4-3-13-29-20-22(25-10-9-24(31-2)18-26(25)29)19-28-14-11-27(12-15-28)32-16-17-33-27/h5-10,18,20H,3-4,11-17,19H2,1-2H3. The fourth-order valence-electron chi connectivity index (χ4n) is 5.11. The lowest BCUT2D eigenvalue weighted by Gasteiger charge is -2.37. The second-order valence-electron chi connectivity index (χ2n) is 9.07. The van der Waals surface area contributed by atoms with Crippen LogP contribution in [-0.2, 0) is 29.0 Å². The zero-order valence-electron chi connectivity index (χ0n) is 19.7. The number of rotatable bonds is 8. The summed E-state index contributed by atoms with van der Waals surface area (Å²) in [6, 6.07) is 14.8. The van der Waals surface area contributed by atoms with Crippen LogP contribution in [0.15, 0.2) is 48.7 Å². The van der Waals surface area contributed by atoms with Gasteiger partial charge >= 0.3 is 0 Å². The normalized spacial score (nSPS) is 18.2. The van der Waals surface area contributed by atoms with E-state index < -0.39 is 0 Å². The van der Waals surface area contributed by atoms with Crippen LogP contribution in [0.3, 0.4) is 0 Å². The van der Waals surface area contributed by atoms with Crippen LogP contribution in [0.5, 0.6) is 11.5 Å². The van der Waals surface area contributed by atoms with E-state index in [9.17, 15) is 0 Å². The Balaban J connectivity index is 1.28. The molecule has 0 saturated carbocycles. The second-order valence-corrected chi connectivity index (χ2v) is 9.07. The summed E-state index contributed by atoms with van der Waals surface area (Å²) in [4.78, 5) is 2.52. The van der Waals surface area contributed by atoms with Gasteiger partial charge in [-0.15, -0.1) is 0 Å². The molecule has 2 fully saturated rings. The van der Waals surface area contributed by atoms with Crippen molar-refractivity contribution in [3.8, 4) is 11.5 Å². The fourth-order valence-corrected chi connectivity index (χ4v) is 5.11. The lowest BCUT2D eigenvalue weighted by atomic mass is 10.0. The van der Waals surface area contributed by atoms with Gasteiger partial charge in [-0.05, 0) is 48.2 Å². The molecule has 0 N–H and O–H groups in total. The molecule has 3 heterocycles. The van der Waals surface area contributed by atoms with Crippen LogP contribution in [-0.4, -0.2) is 55.8 Å². The molecule has 5 rings (SSSR count). The quantitative estimate of drug-likeness (QED) is 0.501. The number of piperidine rings is 1. The molecule has 33 heavy (non-hydrogen) atoms. The zero-order valence-corrected chi connectivity index (χ0v) is 19.7. The van der Waals surface area contributed by atoms with Crippen molar-refractivity contribution >= 4 is 10.9 Å². The Morgan fingerprint density at radius 3 is 2.30 bits per heavy atom. The van der Waals surface area contributed by atoms with Gasteiger partial charge in [0.15, 0.2) is 5.79 Å². The first-order valence-corrected chi connectivity index (χ1v) is 12.0. The second kappa shape index (κ2) is 9.75. The van der Waals surface area contributed by atoms with Crippen LogP contribution < -0.4 is 9.47 Å². The predicted octanol–water partition coefficient (Wildman–Crippen LogP) is 4.63. The Morgan fingerprint density at radius 2 is 1.61 bits per heavy atom. The fraction of sp³-hybridized carbons (Fsp3) is 0.481. The highest BCUT2D eigenvalue weighted by molar-refractivity contribution is 5.85. The topological polar surface area (TPSA) is 45.1 Å². The van der Waals surface area contributed by atoms with E-state index in [2.05, 4.69) is 46.0 Å². The van der Waals surface area contributed by atoms with Crippen LogP contribution in [0.4, 0.5) is 0 Å². The summed E-state index contributed by atoms with van der Waals surface area (Å²) in [6.45, 7) is 5.38. The Morgan fingerprint density at radius 1 is 0.909 bits per heavy atom. The molecule has 0 radical (unpaired) electrons. The highest BCUT2D eigenvalue weighted by atomic mass is 16.7. The van der Waals surface area contributed by atoms with Crippen molar-refractivity contribution in [1.29, 1.82) is 0 Å². The number of hydrogen-bond acceptors (Lipinski definition) is 5. The molecule has 1 spiro atoms. The number of methoxy groups -OCH3 is 2.